The highest BCUT2D eigenvalue weighted by Gasteiger charge is 2.16. The SMILES string of the molecule is CNCCCNC(=O)c1sc(C)nc1CC(C)C.Cl.Cl. The Bertz CT molecular complexity index is 397. The Morgan fingerprint density at radius 3 is 2.50 bits per heavy atom. The summed E-state index contributed by atoms with van der Waals surface area (Å²) in [5.74, 6) is 0.537. The van der Waals surface area contributed by atoms with Crippen LogP contribution in [0.3, 0.4) is 0 Å². The lowest BCUT2D eigenvalue weighted by Crippen LogP contribution is -2.26. The second kappa shape index (κ2) is 11.3. The number of nitrogens with zero attached hydrogens (tertiary/aromatic N) is 1. The highest BCUT2D eigenvalue weighted by molar-refractivity contribution is 7.13. The first-order chi connectivity index (χ1) is 8.54. The zero-order valence-corrected chi connectivity index (χ0v) is 14.9. The molecule has 0 aliphatic heterocycles. The highest BCUT2D eigenvalue weighted by Crippen LogP contribution is 2.20. The maximum absolute atomic E-state index is 12.1. The van der Waals surface area contributed by atoms with Crippen LogP contribution in [0.5, 0.6) is 0 Å². The molecule has 4 nitrogen and oxygen atoms in total. The third-order valence-corrected chi connectivity index (χ3v) is 3.51. The first-order valence-corrected chi connectivity index (χ1v) is 7.25. The highest BCUT2D eigenvalue weighted by atomic mass is 35.5. The van der Waals surface area contributed by atoms with Crippen molar-refractivity contribution in [3.8, 4) is 0 Å². The van der Waals surface area contributed by atoms with Crippen molar-refractivity contribution < 1.29 is 4.79 Å². The molecule has 0 atom stereocenters. The van der Waals surface area contributed by atoms with E-state index < -0.39 is 0 Å². The lowest BCUT2D eigenvalue weighted by molar-refractivity contribution is 0.0956. The molecular formula is C13H25Cl2N3OS. The summed E-state index contributed by atoms with van der Waals surface area (Å²) in [6, 6.07) is 0. The Hall–Kier alpha value is -0.360. The fraction of sp³-hybridized carbons (Fsp3) is 0.692. The van der Waals surface area contributed by atoms with E-state index in [1.54, 1.807) is 0 Å². The molecule has 0 radical (unpaired) electrons. The van der Waals surface area contributed by atoms with Crippen molar-refractivity contribution >= 4 is 42.1 Å². The standard InChI is InChI=1S/C13H23N3OS.2ClH/c1-9(2)8-11-12(18-10(3)16-11)13(17)15-7-5-6-14-4;;/h9,14H,5-8H2,1-4H3,(H,15,17);2*1H. The minimum Gasteiger partial charge on any atom is -0.351 e. The molecule has 0 unspecified atom stereocenters. The van der Waals surface area contributed by atoms with Gasteiger partial charge < -0.3 is 10.6 Å². The molecule has 0 spiro atoms. The molecule has 1 aromatic rings. The average Bonchev–Trinajstić information content (AvgIpc) is 2.64. The number of hydrogen-bond donors (Lipinski definition) is 2. The van der Waals surface area contributed by atoms with Crippen molar-refractivity contribution in [3.05, 3.63) is 15.6 Å². The topological polar surface area (TPSA) is 54.0 Å². The largest absolute Gasteiger partial charge is 0.351 e. The van der Waals surface area contributed by atoms with E-state index in [1.165, 1.54) is 11.3 Å². The quantitative estimate of drug-likeness (QED) is 0.749. The molecule has 0 aliphatic carbocycles. The summed E-state index contributed by atoms with van der Waals surface area (Å²) in [5.41, 5.74) is 0.943. The van der Waals surface area contributed by atoms with E-state index in [-0.39, 0.29) is 30.7 Å². The third-order valence-electron chi connectivity index (χ3n) is 2.50. The van der Waals surface area contributed by atoms with Crippen LogP contribution in [0, 0.1) is 12.8 Å². The average molecular weight is 342 g/mol. The molecule has 0 aromatic carbocycles. The summed E-state index contributed by atoms with van der Waals surface area (Å²) in [7, 11) is 1.91. The van der Waals surface area contributed by atoms with Gasteiger partial charge in [-0.05, 0) is 39.3 Å². The van der Waals surface area contributed by atoms with Crippen LogP contribution < -0.4 is 10.6 Å². The Morgan fingerprint density at radius 2 is 1.95 bits per heavy atom. The van der Waals surface area contributed by atoms with E-state index in [1.807, 2.05) is 14.0 Å². The summed E-state index contributed by atoms with van der Waals surface area (Å²) >= 11 is 1.49. The number of carbonyl (C=O) groups excluding carboxylic acids is 1. The van der Waals surface area contributed by atoms with E-state index >= 15 is 0 Å². The van der Waals surface area contributed by atoms with Crippen LogP contribution in [-0.4, -0.2) is 31.0 Å². The minimum absolute atomic E-state index is 0. The molecule has 1 aromatic heterocycles. The van der Waals surface area contributed by atoms with Gasteiger partial charge in [-0.3, -0.25) is 4.79 Å². The van der Waals surface area contributed by atoms with Crippen LogP contribution in [0.2, 0.25) is 0 Å². The van der Waals surface area contributed by atoms with Gasteiger partial charge in [0.25, 0.3) is 5.91 Å². The predicted octanol–water partition coefficient (Wildman–Crippen LogP) is 2.83. The van der Waals surface area contributed by atoms with Gasteiger partial charge in [0.1, 0.15) is 4.88 Å². The van der Waals surface area contributed by atoms with Crippen LogP contribution in [0.1, 0.15) is 40.6 Å². The molecular weight excluding hydrogens is 317 g/mol. The van der Waals surface area contributed by atoms with Gasteiger partial charge in [-0.1, -0.05) is 13.8 Å². The Kier molecular flexibility index (Phi) is 12.4. The van der Waals surface area contributed by atoms with Gasteiger partial charge in [0.05, 0.1) is 10.7 Å². The molecule has 1 heterocycles. The number of amides is 1. The lowest BCUT2D eigenvalue weighted by Gasteiger charge is -2.06. The summed E-state index contributed by atoms with van der Waals surface area (Å²) < 4.78 is 0. The molecule has 1 amide bonds. The van der Waals surface area contributed by atoms with E-state index in [9.17, 15) is 4.79 Å². The van der Waals surface area contributed by atoms with Crippen molar-refractivity contribution in [1.82, 2.24) is 15.6 Å². The van der Waals surface area contributed by atoms with E-state index in [4.69, 9.17) is 0 Å². The molecule has 20 heavy (non-hydrogen) atoms. The van der Waals surface area contributed by atoms with Gasteiger partial charge in [0.15, 0.2) is 0 Å². The summed E-state index contributed by atoms with van der Waals surface area (Å²) in [4.78, 5) is 17.3. The van der Waals surface area contributed by atoms with Crippen LogP contribution in [0.4, 0.5) is 0 Å². The van der Waals surface area contributed by atoms with Gasteiger partial charge in [-0.25, -0.2) is 4.98 Å². The van der Waals surface area contributed by atoms with Crippen LogP contribution >= 0.6 is 36.2 Å². The first kappa shape index (κ1) is 21.9. The van der Waals surface area contributed by atoms with Gasteiger partial charge >= 0.3 is 0 Å². The molecule has 0 bridgehead atoms. The van der Waals surface area contributed by atoms with Crippen molar-refractivity contribution in [2.45, 2.75) is 33.6 Å². The zero-order chi connectivity index (χ0) is 13.5. The number of rotatable bonds is 7. The van der Waals surface area contributed by atoms with Crippen LogP contribution in [0.15, 0.2) is 0 Å². The second-order valence-corrected chi connectivity index (χ2v) is 6.02. The number of hydrogen-bond acceptors (Lipinski definition) is 4. The summed E-state index contributed by atoms with van der Waals surface area (Å²) in [6.45, 7) is 7.86. The maximum atomic E-state index is 12.1. The fourth-order valence-electron chi connectivity index (χ4n) is 1.72. The molecule has 0 saturated heterocycles. The molecule has 0 saturated carbocycles. The zero-order valence-electron chi connectivity index (χ0n) is 12.5. The van der Waals surface area contributed by atoms with Crippen molar-refractivity contribution in [2.75, 3.05) is 20.1 Å². The third kappa shape index (κ3) is 7.43. The maximum Gasteiger partial charge on any atom is 0.263 e. The monoisotopic (exact) mass is 341 g/mol. The van der Waals surface area contributed by atoms with Crippen LogP contribution in [-0.2, 0) is 6.42 Å². The number of aryl methyl sites for hydroxylation is 1. The van der Waals surface area contributed by atoms with Gasteiger partial charge in [-0.15, -0.1) is 36.2 Å². The Balaban J connectivity index is 0. The smallest absolute Gasteiger partial charge is 0.263 e. The number of nitrogens with one attached hydrogen (secondary N) is 2. The van der Waals surface area contributed by atoms with Crippen molar-refractivity contribution in [2.24, 2.45) is 5.92 Å². The number of carbonyl (C=O) groups is 1. The molecule has 1 rings (SSSR count). The normalized spacial score (nSPS) is 9.85. The molecule has 0 fully saturated rings. The van der Waals surface area contributed by atoms with Gasteiger partial charge in [0.2, 0.25) is 0 Å². The molecule has 118 valence electrons. The summed E-state index contributed by atoms with van der Waals surface area (Å²) in [6.07, 6.45) is 1.81. The van der Waals surface area contributed by atoms with Crippen molar-refractivity contribution in [3.63, 3.8) is 0 Å². The van der Waals surface area contributed by atoms with Gasteiger partial charge in [-0.2, -0.15) is 0 Å². The molecule has 0 aliphatic rings. The van der Waals surface area contributed by atoms with Gasteiger partial charge in [0, 0.05) is 6.54 Å². The number of halogens is 2. The van der Waals surface area contributed by atoms with E-state index in [2.05, 4.69) is 29.5 Å². The van der Waals surface area contributed by atoms with Crippen LogP contribution in [0.25, 0.3) is 0 Å². The minimum atomic E-state index is 0. The number of thiazole rings is 1. The first-order valence-electron chi connectivity index (χ1n) is 6.43. The second-order valence-electron chi connectivity index (χ2n) is 4.82. The fourth-order valence-corrected chi connectivity index (χ4v) is 2.58. The predicted molar refractivity (Wildman–Crippen MR) is 90.8 cm³/mol. The number of aromatic nitrogens is 1. The Labute approximate surface area is 138 Å². The molecule has 7 heteroatoms. The lowest BCUT2D eigenvalue weighted by atomic mass is 10.1. The van der Waals surface area contributed by atoms with E-state index in [0.717, 1.165) is 35.0 Å². The van der Waals surface area contributed by atoms with E-state index in [0.29, 0.717) is 12.5 Å². The summed E-state index contributed by atoms with van der Waals surface area (Å²) in [5, 5.41) is 6.98. The molecule has 2 N–H and O–H groups in total. The van der Waals surface area contributed by atoms with Crippen molar-refractivity contribution in [1.29, 1.82) is 0 Å². The Morgan fingerprint density at radius 1 is 1.30 bits per heavy atom.